The van der Waals surface area contributed by atoms with Gasteiger partial charge in [-0.15, -0.1) is 0 Å². The molecule has 2 heterocycles. The summed E-state index contributed by atoms with van der Waals surface area (Å²) < 4.78 is 5.07. The summed E-state index contributed by atoms with van der Waals surface area (Å²) in [5, 5.41) is 6.05. The molecule has 0 aliphatic carbocycles. The van der Waals surface area contributed by atoms with Gasteiger partial charge in [-0.1, -0.05) is 11.6 Å². The summed E-state index contributed by atoms with van der Waals surface area (Å²) >= 11 is 6.05. The fourth-order valence-corrected chi connectivity index (χ4v) is 2.59. The van der Waals surface area contributed by atoms with E-state index in [1.54, 1.807) is 31.3 Å². The number of nitrogens with one attached hydrogen (secondary N) is 2. The van der Waals surface area contributed by atoms with E-state index < -0.39 is 0 Å². The molecule has 2 N–H and O–H groups in total. The molecule has 0 bridgehead atoms. The summed E-state index contributed by atoms with van der Waals surface area (Å²) in [4.78, 5) is 29.8. The van der Waals surface area contributed by atoms with E-state index in [1.165, 1.54) is 18.2 Å². The molecule has 7 nitrogen and oxygen atoms in total. The monoisotopic (exact) mass is 346 g/mol. The third-order valence-corrected chi connectivity index (χ3v) is 3.98. The van der Waals surface area contributed by atoms with E-state index in [9.17, 15) is 9.59 Å². The minimum Gasteiger partial charge on any atom is -0.495 e. The molecule has 124 valence electrons. The number of benzene rings is 1. The molecule has 24 heavy (non-hydrogen) atoms. The lowest BCUT2D eigenvalue weighted by molar-refractivity contribution is -0.116. The molecule has 8 heteroatoms. The molecule has 0 radical (unpaired) electrons. The SMILES string of the molecule is COc1ccc(NC(=O)c2cnc3c(c2)N(C)C(=O)CN3)cc1Cl. The van der Waals surface area contributed by atoms with Gasteiger partial charge in [0.15, 0.2) is 0 Å². The number of halogens is 1. The van der Waals surface area contributed by atoms with Gasteiger partial charge in [-0.05, 0) is 24.3 Å². The Hall–Kier alpha value is -2.80. The second-order valence-corrected chi connectivity index (χ2v) is 5.61. The number of likely N-dealkylation sites (N-methyl/N-ethyl adjacent to an activating group) is 1. The maximum atomic E-state index is 12.4. The Labute approximate surface area is 143 Å². The number of carbonyl (C=O) groups is 2. The van der Waals surface area contributed by atoms with E-state index in [-0.39, 0.29) is 18.4 Å². The highest BCUT2D eigenvalue weighted by Crippen LogP contribution is 2.29. The molecular formula is C16H15ClN4O3. The van der Waals surface area contributed by atoms with Gasteiger partial charge >= 0.3 is 0 Å². The summed E-state index contributed by atoms with van der Waals surface area (Å²) in [6.45, 7) is 0.187. The van der Waals surface area contributed by atoms with Crippen LogP contribution in [0.1, 0.15) is 10.4 Å². The molecule has 1 aliphatic heterocycles. The quantitative estimate of drug-likeness (QED) is 0.891. The standard InChI is InChI=1S/C16H15ClN4O3/c1-21-12-5-9(7-18-15(12)19-8-14(21)22)16(23)20-10-3-4-13(24-2)11(17)6-10/h3-7H,8H2,1-2H3,(H,18,19)(H,20,23). The number of methoxy groups -OCH3 is 1. The van der Waals surface area contributed by atoms with Crippen LogP contribution in [0.4, 0.5) is 17.2 Å². The van der Waals surface area contributed by atoms with Crippen molar-refractivity contribution in [3.63, 3.8) is 0 Å². The summed E-state index contributed by atoms with van der Waals surface area (Å²) in [5.74, 6) is 0.652. The first-order chi connectivity index (χ1) is 11.5. The molecule has 1 aromatic heterocycles. The molecular weight excluding hydrogens is 332 g/mol. The number of amides is 2. The molecule has 0 saturated heterocycles. The number of nitrogens with zero attached hydrogens (tertiary/aromatic N) is 2. The van der Waals surface area contributed by atoms with Crippen LogP contribution >= 0.6 is 11.6 Å². The number of hydrogen-bond acceptors (Lipinski definition) is 5. The van der Waals surface area contributed by atoms with Crippen molar-refractivity contribution in [2.75, 3.05) is 36.2 Å². The number of fused-ring (bicyclic) bond motifs is 1. The highest BCUT2D eigenvalue weighted by molar-refractivity contribution is 6.32. The Morgan fingerprint density at radius 2 is 2.21 bits per heavy atom. The van der Waals surface area contributed by atoms with Crippen LogP contribution in [0, 0.1) is 0 Å². The van der Waals surface area contributed by atoms with Crippen LogP contribution in [-0.4, -0.2) is 37.5 Å². The largest absolute Gasteiger partial charge is 0.495 e. The molecule has 0 spiro atoms. The predicted molar refractivity (Wildman–Crippen MR) is 92.1 cm³/mol. The number of rotatable bonds is 3. The van der Waals surface area contributed by atoms with Crippen LogP contribution in [0.2, 0.25) is 5.02 Å². The van der Waals surface area contributed by atoms with Crippen molar-refractivity contribution < 1.29 is 14.3 Å². The van der Waals surface area contributed by atoms with Gasteiger partial charge in [0.05, 0.1) is 29.9 Å². The molecule has 3 rings (SSSR count). The van der Waals surface area contributed by atoms with Gasteiger partial charge in [0.2, 0.25) is 5.91 Å². The molecule has 2 amide bonds. The first-order valence-corrected chi connectivity index (χ1v) is 7.52. The zero-order valence-electron chi connectivity index (χ0n) is 13.1. The third-order valence-electron chi connectivity index (χ3n) is 3.68. The second-order valence-electron chi connectivity index (χ2n) is 5.20. The lowest BCUT2D eigenvalue weighted by atomic mass is 10.2. The van der Waals surface area contributed by atoms with Gasteiger partial charge in [0.1, 0.15) is 11.6 Å². The number of pyridine rings is 1. The average Bonchev–Trinajstić information content (AvgIpc) is 2.58. The van der Waals surface area contributed by atoms with Crippen molar-refractivity contribution in [1.82, 2.24) is 4.98 Å². The van der Waals surface area contributed by atoms with Crippen molar-refractivity contribution in [3.05, 3.63) is 41.0 Å². The third kappa shape index (κ3) is 2.98. The fourth-order valence-electron chi connectivity index (χ4n) is 2.33. The fraction of sp³-hybridized carbons (Fsp3) is 0.188. The van der Waals surface area contributed by atoms with E-state index in [0.717, 1.165) is 0 Å². The second kappa shape index (κ2) is 6.37. The Bertz CT molecular complexity index is 825. The molecule has 1 aromatic carbocycles. The normalized spacial score (nSPS) is 13.1. The van der Waals surface area contributed by atoms with Crippen LogP contribution in [0.25, 0.3) is 0 Å². The number of hydrogen-bond donors (Lipinski definition) is 2. The minimum absolute atomic E-state index is 0.0937. The highest BCUT2D eigenvalue weighted by Gasteiger charge is 2.23. The van der Waals surface area contributed by atoms with Crippen molar-refractivity contribution >= 4 is 40.6 Å². The number of carbonyl (C=O) groups excluding carboxylic acids is 2. The maximum Gasteiger partial charge on any atom is 0.257 e. The number of anilines is 3. The molecule has 0 fully saturated rings. The Morgan fingerprint density at radius 1 is 1.42 bits per heavy atom. The zero-order valence-corrected chi connectivity index (χ0v) is 13.8. The summed E-state index contributed by atoms with van der Waals surface area (Å²) in [5.41, 5.74) is 1.43. The molecule has 0 atom stereocenters. The van der Waals surface area contributed by atoms with Crippen molar-refractivity contribution in [3.8, 4) is 5.75 Å². The van der Waals surface area contributed by atoms with E-state index >= 15 is 0 Å². The van der Waals surface area contributed by atoms with Crippen LogP contribution in [0.15, 0.2) is 30.5 Å². The van der Waals surface area contributed by atoms with Crippen LogP contribution in [-0.2, 0) is 4.79 Å². The lowest BCUT2D eigenvalue weighted by Gasteiger charge is -2.26. The van der Waals surface area contributed by atoms with Gasteiger partial charge in [0.25, 0.3) is 5.91 Å². The summed E-state index contributed by atoms with van der Waals surface area (Å²) in [6.07, 6.45) is 1.45. The van der Waals surface area contributed by atoms with Gasteiger partial charge in [-0.25, -0.2) is 4.98 Å². The van der Waals surface area contributed by atoms with Crippen LogP contribution in [0.3, 0.4) is 0 Å². The van der Waals surface area contributed by atoms with Gasteiger partial charge in [-0.3, -0.25) is 9.59 Å². The highest BCUT2D eigenvalue weighted by atomic mass is 35.5. The van der Waals surface area contributed by atoms with Crippen molar-refractivity contribution in [2.45, 2.75) is 0 Å². The maximum absolute atomic E-state index is 12.4. The van der Waals surface area contributed by atoms with Gasteiger partial charge < -0.3 is 20.3 Å². The Kier molecular flexibility index (Phi) is 4.26. The van der Waals surface area contributed by atoms with E-state index in [1.807, 2.05) is 0 Å². The predicted octanol–water partition coefficient (Wildman–Crippen LogP) is 2.38. The topological polar surface area (TPSA) is 83.6 Å². The van der Waals surface area contributed by atoms with E-state index in [2.05, 4.69) is 15.6 Å². The van der Waals surface area contributed by atoms with Gasteiger partial charge in [-0.2, -0.15) is 0 Å². The minimum atomic E-state index is -0.349. The summed E-state index contributed by atoms with van der Waals surface area (Å²) in [7, 11) is 3.17. The molecule has 0 saturated carbocycles. The zero-order chi connectivity index (χ0) is 17.3. The van der Waals surface area contributed by atoms with Crippen molar-refractivity contribution in [1.29, 1.82) is 0 Å². The van der Waals surface area contributed by atoms with E-state index in [0.29, 0.717) is 33.5 Å². The molecule has 0 unspecified atom stereocenters. The average molecular weight is 347 g/mol. The molecule has 2 aromatic rings. The van der Waals surface area contributed by atoms with Gasteiger partial charge in [0, 0.05) is 18.9 Å². The Balaban J connectivity index is 1.83. The van der Waals surface area contributed by atoms with E-state index in [4.69, 9.17) is 16.3 Å². The lowest BCUT2D eigenvalue weighted by Crippen LogP contribution is -2.37. The Morgan fingerprint density at radius 3 is 2.92 bits per heavy atom. The van der Waals surface area contributed by atoms with Crippen LogP contribution in [0.5, 0.6) is 5.75 Å². The molecule has 1 aliphatic rings. The first kappa shape index (κ1) is 16.1. The van der Waals surface area contributed by atoms with Crippen LogP contribution < -0.4 is 20.3 Å². The summed E-state index contributed by atoms with van der Waals surface area (Å²) in [6, 6.07) is 6.57. The van der Waals surface area contributed by atoms with Crippen molar-refractivity contribution in [2.24, 2.45) is 0 Å². The first-order valence-electron chi connectivity index (χ1n) is 7.15. The number of aromatic nitrogens is 1. The smallest absolute Gasteiger partial charge is 0.257 e. The number of ether oxygens (including phenoxy) is 1.